The van der Waals surface area contributed by atoms with Crippen LogP contribution in [0.3, 0.4) is 0 Å². The Morgan fingerprint density at radius 3 is 2.40 bits per heavy atom. The van der Waals surface area contributed by atoms with Crippen LogP contribution in [-0.4, -0.2) is 32.1 Å². The number of carbonyl (C=O) groups excluding carboxylic acids is 1. The maximum atomic E-state index is 12.7. The van der Waals surface area contributed by atoms with Gasteiger partial charge in [0, 0.05) is 43.5 Å². The van der Waals surface area contributed by atoms with Crippen LogP contribution in [0.4, 0.5) is 5.82 Å². The molecule has 8 nitrogen and oxygen atoms in total. The van der Waals surface area contributed by atoms with Gasteiger partial charge in [0.15, 0.2) is 5.65 Å². The average molecular weight is 465 g/mol. The molecule has 0 saturated carbocycles. The number of nitrogens with two attached hydrogens (primary N) is 1. The number of rotatable bonds is 7. The molecule has 0 aliphatic carbocycles. The van der Waals surface area contributed by atoms with Crippen LogP contribution in [0.25, 0.3) is 22.2 Å². The van der Waals surface area contributed by atoms with Crippen LogP contribution in [0.1, 0.15) is 12.6 Å². The summed E-state index contributed by atoms with van der Waals surface area (Å²) in [4.78, 5) is 25.7. The van der Waals surface area contributed by atoms with Gasteiger partial charge in [-0.05, 0) is 42.0 Å². The maximum absolute atomic E-state index is 12.7. The lowest BCUT2D eigenvalue weighted by atomic mass is 10.1. The minimum atomic E-state index is -0.117. The topological polar surface area (TPSA) is 99.2 Å². The zero-order chi connectivity index (χ0) is 24.2. The van der Waals surface area contributed by atoms with E-state index in [4.69, 9.17) is 10.5 Å². The lowest BCUT2D eigenvalue weighted by molar-refractivity contribution is -0.118. The average Bonchev–Trinajstić information content (AvgIpc) is 3.26. The number of amides is 1. The van der Waals surface area contributed by atoms with E-state index in [0.29, 0.717) is 35.6 Å². The van der Waals surface area contributed by atoms with Crippen molar-refractivity contribution in [3.63, 3.8) is 0 Å². The molecule has 5 aromatic rings. The van der Waals surface area contributed by atoms with E-state index in [0.717, 1.165) is 22.6 Å². The number of aromatic nitrogens is 4. The minimum absolute atomic E-state index is 0.117. The van der Waals surface area contributed by atoms with E-state index in [1.165, 1.54) is 13.3 Å². The predicted octanol–water partition coefficient (Wildman–Crippen LogP) is 4.60. The largest absolute Gasteiger partial charge is 0.457 e. The van der Waals surface area contributed by atoms with Crippen molar-refractivity contribution in [2.45, 2.75) is 13.3 Å². The molecular weight excluding hydrogens is 440 g/mol. The van der Waals surface area contributed by atoms with Crippen molar-refractivity contribution in [2.24, 2.45) is 0 Å². The van der Waals surface area contributed by atoms with Gasteiger partial charge in [0.1, 0.15) is 23.6 Å². The number of para-hydroxylation sites is 1. The number of ether oxygens (including phenoxy) is 1. The van der Waals surface area contributed by atoms with Crippen LogP contribution in [0.5, 0.6) is 11.5 Å². The van der Waals surface area contributed by atoms with Gasteiger partial charge < -0.3 is 10.5 Å². The fraction of sp³-hybridized carbons (Fsp3) is 0.111. The van der Waals surface area contributed by atoms with Crippen molar-refractivity contribution in [1.82, 2.24) is 19.6 Å². The van der Waals surface area contributed by atoms with Gasteiger partial charge in [-0.2, -0.15) is 0 Å². The molecule has 1 amide bonds. The maximum Gasteiger partial charge on any atom is 0.238 e. The number of benzene rings is 2. The summed E-state index contributed by atoms with van der Waals surface area (Å²) in [6.45, 7) is 1.97. The summed E-state index contributed by atoms with van der Waals surface area (Å²) in [6.07, 6.45) is 5.63. The number of fused-ring (bicyclic) bond motifs is 1. The first-order valence-electron chi connectivity index (χ1n) is 11.2. The molecule has 2 aromatic carbocycles. The summed E-state index contributed by atoms with van der Waals surface area (Å²) in [5.74, 6) is 1.71. The van der Waals surface area contributed by atoms with Crippen LogP contribution in [0, 0.1) is 0 Å². The molecule has 0 aliphatic rings. The van der Waals surface area contributed by atoms with E-state index >= 15 is 0 Å². The van der Waals surface area contributed by atoms with Crippen molar-refractivity contribution in [2.75, 3.05) is 17.3 Å². The van der Waals surface area contributed by atoms with Crippen LogP contribution < -0.4 is 15.5 Å². The first-order chi connectivity index (χ1) is 17.1. The Morgan fingerprint density at radius 1 is 0.943 bits per heavy atom. The molecule has 0 bridgehead atoms. The fourth-order valence-electron chi connectivity index (χ4n) is 3.98. The van der Waals surface area contributed by atoms with Gasteiger partial charge in [-0.1, -0.05) is 36.4 Å². The molecule has 8 heteroatoms. The minimum Gasteiger partial charge on any atom is -0.457 e. The highest BCUT2D eigenvalue weighted by molar-refractivity contribution is 6.01. The zero-order valence-electron chi connectivity index (χ0n) is 19.2. The second kappa shape index (κ2) is 9.64. The van der Waals surface area contributed by atoms with Crippen molar-refractivity contribution in [3.05, 3.63) is 97.2 Å². The number of anilines is 1. The Hall–Kier alpha value is -4.72. The van der Waals surface area contributed by atoms with Crippen molar-refractivity contribution in [3.8, 4) is 22.6 Å². The molecule has 0 spiro atoms. The van der Waals surface area contributed by atoms with Crippen LogP contribution in [-0.2, 0) is 11.2 Å². The van der Waals surface area contributed by atoms with Gasteiger partial charge in [0.2, 0.25) is 5.91 Å². The summed E-state index contributed by atoms with van der Waals surface area (Å²) < 4.78 is 7.67. The Labute approximate surface area is 202 Å². The Balaban J connectivity index is 1.50. The second-order valence-corrected chi connectivity index (χ2v) is 8.00. The van der Waals surface area contributed by atoms with Gasteiger partial charge in [-0.3, -0.25) is 9.78 Å². The quantitative estimate of drug-likeness (QED) is 0.378. The normalized spacial score (nSPS) is 10.9. The highest BCUT2D eigenvalue weighted by Gasteiger charge is 2.21. The van der Waals surface area contributed by atoms with Crippen LogP contribution in [0.2, 0.25) is 0 Å². The van der Waals surface area contributed by atoms with Crippen molar-refractivity contribution < 1.29 is 9.53 Å². The number of hydrogen-bond acceptors (Lipinski definition) is 6. The highest BCUT2D eigenvalue weighted by Crippen LogP contribution is 2.34. The third-order valence-corrected chi connectivity index (χ3v) is 5.67. The van der Waals surface area contributed by atoms with Crippen molar-refractivity contribution >= 4 is 22.8 Å². The van der Waals surface area contributed by atoms with E-state index in [2.05, 4.69) is 15.0 Å². The van der Waals surface area contributed by atoms with Gasteiger partial charge in [-0.25, -0.2) is 19.7 Å². The molecule has 2 N–H and O–H groups in total. The third kappa shape index (κ3) is 4.67. The lowest BCUT2D eigenvalue weighted by Crippen LogP contribution is -2.40. The van der Waals surface area contributed by atoms with E-state index in [1.807, 2.05) is 79.0 Å². The van der Waals surface area contributed by atoms with Crippen LogP contribution >= 0.6 is 0 Å². The fourth-order valence-corrected chi connectivity index (χ4v) is 3.98. The van der Waals surface area contributed by atoms with Crippen molar-refractivity contribution in [1.29, 1.82) is 0 Å². The van der Waals surface area contributed by atoms with Gasteiger partial charge in [0.25, 0.3) is 0 Å². The number of nitrogens with zero attached hydrogens (tertiary/aromatic N) is 5. The molecule has 0 aliphatic heterocycles. The summed E-state index contributed by atoms with van der Waals surface area (Å²) in [5.41, 5.74) is 9.48. The van der Waals surface area contributed by atoms with E-state index in [9.17, 15) is 4.79 Å². The van der Waals surface area contributed by atoms with E-state index in [-0.39, 0.29) is 5.91 Å². The molecule has 5 rings (SSSR count). The number of hydrogen-bond donors (Lipinski definition) is 1. The van der Waals surface area contributed by atoms with Crippen LogP contribution in [0.15, 0.2) is 91.5 Å². The molecule has 0 atom stereocenters. The Morgan fingerprint density at radius 2 is 1.69 bits per heavy atom. The molecule has 0 fully saturated rings. The standard InChI is InChI=1S/C27H24N6O2/c1-19(34)32(16-14-21-7-5-6-15-29-21)33-17-24(25-26(28)30-18-31-27(25)33)20-10-12-23(13-11-20)35-22-8-3-2-4-9-22/h2-13,15,17-18H,14,16H2,1H3,(H2,28,30,31). The van der Waals surface area contributed by atoms with Gasteiger partial charge >= 0.3 is 0 Å². The first-order valence-corrected chi connectivity index (χ1v) is 11.2. The van der Waals surface area contributed by atoms with Gasteiger partial charge in [-0.15, -0.1) is 0 Å². The Kier molecular flexibility index (Phi) is 6.09. The summed E-state index contributed by atoms with van der Waals surface area (Å²) in [5, 5.41) is 2.33. The van der Waals surface area contributed by atoms with Gasteiger partial charge in [0.05, 0.1) is 5.39 Å². The highest BCUT2D eigenvalue weighted by atomic mass is 16.5. The molecule has 0 saturated heterocycles. The first kappa shape index (κ1) is 22.1. The number of pyridine rings is 1. The lowest BCUT2D eigenvalue weighted by Gasteiger charge is -2.22. The third-order valence-electron chi connectivity index (χ3n) is 5.67. The zero-order valence-corrected chi connectivity index (χ0v) is 19.2. The number of nitrogen functional groups attached to an aromatic ring is 1. The summed E-state index contributed by atoms with van der Waals surface area (Å²) in [6, 6.07) is 23.1. The SMILES string of the molecule is CC(=O)N(CCc1ccccn1)n1cc(-c2ccc(Oc3ccccc3)cc2)c2c(N)ncnc21. The molecular formula is C27H24N6O2. The molecule has 0 unspecified atom stereocenters. The Bertz CT molecular complexity index is 1450. The predicted molar refractivity (Wildman–Crippen MR) is 136 cm³/mol. The molecule has 174 valence electrons. The summed E-state index contributed by atoms with van der Waals surface area (Å²) >= 11 is 0. The smallest absolute Gasteiger partial charge is 0.238 e. The summed E-state index contributed by atoms with van der Waals surface area (Å²) in [7, 11) is 0. The molecule has 0 radical (unpaired) electrons. The van der Waals surface area contributed by atoms with E-state index in [1.54, 1.807) is 15.9 Å². The monoisotopic (exact) mass is 464 g/mol. The molecule has 3 heterocycles. The molecule has 3 aromatic heterocycles. The number of carbonyl (C=O) groups is 1. The molecule has 35 heavy (non-hydrogen) atoms. The van der Waals surface area contributed by atoms with E-state index < -0.39 is 0 Å². The second-order valence-electron chi connectivity index (χ2n) is 8.00.